The fourth-order valence-corrected chi connectivity index (χ4v) is 4.24. The lowest BCUT2D eigenvalue weighted by atomic mass is 9.83. The van der Waals surface area contributed by atoms with Crippen molar-refractivity contribution in [3.05, 3.63) is 64.1 Å². The molecule has 0 radical (unpaired) electrons. The third-order valence-corrected chi connectivity index (χ3v) is 5.96. The second-order valence-electron chi connectivity index (χ2n) is 7.69. The molecule has 9 heteroatoms. The van der Waals surface area contributed by atoms with Gasteiger partial charge in [-0.05, 0) is 42.2 Å². The van der Waals surface area contributed by atoms with Gasteiger partial charge in [0.25, 0.3) is 0 Å². The van der Waals surface area contributed by atoms with Crippen molar-refractivity contribution in [3.8, 4) is 0 Å². The Hall–Kier alpha value is -2.52. The van der Waals surface area contributed by atoms with E-state index in [0.29, 0.717) is 17.9 Å². The minimum absolute atomic E-state index is 0.184. The molecule has 3 N–H and O–H groups in total. The van der Waals surface area contributed by atoms with Gasteiger partial charge in [-0.1, -0.05) is 40.2 Å². The largest absolute Gasteiger partial charge is 0.326 e. The van der Waals surface area contributed by atoms with Crippen LogP contribution in [0.3, 0.4) is 0 Å². The summed E-state index contributed by atoms with van der Waals surface area (Å²) in [5, 5.41) is 8.65. The van der Waals surface area contributed by atoms with Crippen LogP contribution in [0.15, 0.2) is 58.1 Å². The van der Waals surface area contributed by atoms with Crippen LogP contribution in [0.25, 0.3) is 0 Å². The van der Waals surface area contributed by atoms with Crippen molar-refractivity contribution >= 4 is 33.4 Å². The smallest absolute Gasteiger partial charge is 0.248 e. The SMILES string of the molecule is CN1NN=C(c2ccc([C@@H](C(=O)Nc3ccc(Br)cc3)[C@H]3CCC(F)(F)C3)cc2)N1. The van der Waals surface area contributed by atoms with Gasteiger partial charge in [0.15, 0.2) is 5.84 Å². The van der Waals surface area contributed by atoms with Crippen molar-refractivity contribution in [2.75, 3.05) is 12.4 Å². The van der Waals surface area contributed by atoms with E-state index in [4.69, 9.17) is 0 Å². The Balaban J connectivity index is 1.58. The summed E-state index contributed by atoms with van der Waals surface area (Å²) >= 11 is 3.36. The first-order valence-corrected chi connectivity index (χ1v) is 10.5. The molecule has 2 aromatic rings. The predicted molar refractivity (Wildman–Crippen MR) is 115 cm³/mol. The maximum Gasteiger partial charge on any atom is 0.248 e. The van der Waals surface area contributed by atoms with E-state index >= 15 is 0 Å². The quantitative estimate of drug-likeness (QED) is 0.602. The number of carbonyl (C=O) groups excluding carboxylic acids is 1. The van der Waals surface area contributed by atoms with Crippen molar-refractivity contribution in [2.45, 2.75) is 31.1 Å². The summed E-state index contributed by atoms with van der Waals surface area (Å²) in [6, 6.07) is 14.5. The molecule has 1 aliphatic carbocycles. The third kappa shape index (κ3) is 4.62. The fourth-order valence-electron chi connectivity index (χ4n) is 3.97. The maximum absolute atomic E-state index is 13.9. The number of amides is 1. The van der Waals surface area contributed by atoms with Crippen LogP contribution in [0.4, 0.5) is 14.5 Å². The Bertz CT molecular complexity index is 949. The van der Waals surface area contributed by atoms with Gasteiger partial charge in [0.05, 0.1) is 5.92 Å². The first-order chi connectivity index (χ1) is 14.3. The van der Waals surface area contributed by atoms with E-state index in [1.54, 1.807) is 24.3 Å². The number of halogens is 3. The van der Waals surface area contributed by atoms with E-state index in [1.165, 1.54) is 0 Å². The minimum Gasteiger partial charge on any atom is -0.326 e. The summed E-state index contributed by atoms with van der Waals surface area (Å²) in [4.78, 5) is 13.2. The van der Waals surface area contributed by atoms with E-state index in [-0.39, 0.29) is 18.7 Å². The highest BCUT2D eigenvalue weighted by atomic mass is 79.9. The third-order valence-electron chi connectivity index (χ3n) is 5.44. The molecule has 30 heavy (non-hydrogen) atoms. The van der Waals surface area contributed by atoms with Crippen LogP contribution in [0.5, 0.6) is 0 Å². The topological polar surface area (TPSA) is 68.8 Å². The van der Waals surface area contributed by atoms with E-state index in [2.05, 4.69) is 37.3 Å². The number of carbonyl (C=O) groups is 1. The van der Waals surface area contributed by atoms with Crippen LogP contribution in [0.2, 0.25) is 0 Å². The Morgan fingerprint density at radius 1 is 1.23 bits per heavy atom. The summed E-state index contributed by atoms with van der Waals surface area (Å²) < 4.78 is 28.8. The Morgan fingerprint density at radius 2 is 1.93 bits per heavy atom. The zero-order valence-electron chi connectivity index (χ0n) is 16.3. The van der Waals surface area contributed by atoms with Crippen LogP contribution < -0.4 is 16.3 Å². The molecule has 1 aliphatic heterocycles. The second kappa shape index (κ2) is 8.31. The number of alkyl halides is 2. The first kappa shape index (κ1) is 20.7. The number of nitrogens with zero attached hydrogens (tertiary/aromatic N) is 2. The summed E-state index contributed by atoms with van der Waals surface area (Å²) in [6.07, 6.45) is -0.150. The molecule has 1 amide bonds. The lowest BCUT2D eigenvalue weighted by molar-refractivity contribution is -0.118. The number of rotatable bonds is 5. The normalized spacial score (nSPS) is 21.5. The van der Waals surface area contributed by atoms with Crippen molar-refractivity contribution < 1.29 is 13.6 Å². The monoisotopic (exact) mass is 477 g/mol. The van der Waals surface area contributed by atoms with Gasteiger partial charge in [-0.2, -0.15) is 0 Å². The van der Waals surface area contributed by atoms with Gasteiger partial charge >= 0.3 is 0 Å². The molecule has 0 saturated heterocycles. The molecule has 158 valence electrons. The standard InChI is InChI=1S/C21H22BrF2N5O/c1-29-27-19(26-28-29)14-4-2-13(3-5-14)18(15-10-11-21(23,24)12-15)20(30)25-17-8-6-16(22)7-9-17/h2-9,15,18,28H,10-12H2,1H3,(H,25,30)(H,26,27)/t15-,18+/m0/s1. The minimum atomic E-state index is -2.72. The van der Waals surface area contributed by atoms with E-state index in [0.717, 1.165) is 15.6 Å². The Kier molecular flexibility index (Phi) is 5.75. The van der Waals surface area contributed by atoms with E-state index in [1.807, 2.05) is 36.4 Å². The van der Waals surface area contributed by atoms with Crippen LogP contribution in [-0.2, 0) is 4.79 Å². The van der Waals surface area contributed by atoms with E-state index in [9.17, 15) is 13.6 Å². The summed E-state index contributed by atoms with van der Waals surface area (Å²) in [6.45, 7) is 0. The number of hydrazone groups is 1. The molecule has 0 spiro atoms. The Morgan fingerprint density at radius 3 is 2.50 bits per heavy atom. The zero-order chi connectivity index (χ0) is 21.3. The predicted octanol–water partition coefficient (Wildman–Crippen LogP) is 4.22. The molecule has 0 bridgehead atoms. The number of benzene rings is 2. The van der Waals surface area contributed by atoms with E-state index < -0.39 is 17.8 Å². The van der Waals surface area contributed by atoms with Crippen molar-refractivity contribution in [1.82, 2.24) is 16.1 Å². The molecule has 2 aliphatic rings. The van der Waals surface area contributed by atoms with Gasteiger partial charge in [-0.25, -0.2) is 14.3 Å². The van der Waals surface area contributed by atoms with Crippen LogP contribution in [0, 0.1) is 5.92 Å². The average Bonchev–Trinajstić information content (AvgIpc) is 3.29. The average molecular weight is 478 g/mol. The lowest BCUT2D eigenvalue weighted by Gasteiger charge is -2.24. The number of amidine groups is 1. The molecule has 0 aromatic heterocycles. The lowest BCUT2D eigenvalue weighted by Crippen LogP contribution is -2.37. The van der Waals surface area contributed by atoms with Crippen molar-refractivity contribution in [3.63, 3.8) is 0 Å². The van der Waals surface area contributed by atoms with Gasteiger partial charge < -0.3 is 5.32 Å². The van der Waals surface area contributed by atoms with Gasteiger partial charge in [-0.15, -0.1) is 10.2 Å². The van der Waals surface area contributed by atoms with Crippen molar-refractivity contribution in [1.29, 1.82) is 0 Å². The molecule has 2 atom stereocenters. The highest BCUT2D eigenvalue weighted by Crippen LogP contribution is 2.45. The summed E-state index contributed by atoms with van der Waals surface area (Å²) in [5.41, 5.74) is 7.99. The molecular weight excluding hydrogens is 456 g/mol. The Labute approximate surface area is 181 Å². The number of hydrogen-bond acceptors (Lipinski definition) is 5. The second-order valence-corrected chi connectivity index (χ2v) is 8.60. The maximum atomic E-state index is 13.9. The zero-order valence-corrected chi connectivity index (χ0v) is 17.9. The summed E-state index contributed by atoms with van der Waals surface area (Å²) in [5.74, 6) is -3.43. The summed E-state index contributed by atoms with van der Waals surface area (Å²) in [7, 11) is 1.79. The van der Waals surface area contributed by atoms with Gasteiger partial charge in [0.2, 0.25) is 11.8 Å². The first-order valence-electron chi connectivity index (χ1n) is 9.69. The molecule has 1 saturated carbocycles. The molecule has 1 fully saturated rings. The number of nitrogens with one attached hydrogen (secondary N) is 3. The highest BCUT2D eigenvalue weighted by Gasteiger charge is 2.45. The molecule has 4 rings (SSSR count). The van der Waals surface area contributed by atoms with Gasteiger partial charge in [0, 0.05) is 35.6 Å². The molecule has 2 aromatic carbocycles. The van der Waals surface area contributed by atoms with Crippen LogP contribution in [-0.4, -0.2) is 29.8 Å². The van der Waals surface area contributed by atoms with Gasteiger partial charge in [-0.3, -0.25) is 10.2 Å². The van der Waals surface area contributed by atoms with Crippen LogP contribution in [0.1, 0.15) is 36.3 Å². The van der Waals surface area contributed by atoms with Crippen molar-refractivity contribution in [2.24, 2.45) is 11.0 Å². The number of hydrazine groups is 2. The molecule has 1 heterocycles. The van der Waals surface area contributed by atoms with Crippen LogP contribution >= 0.6 is 15.9 Å². The van der Waals surface area contributed by atoms with Gasteiger partial charge in [0.1, 0.15) is 0 Å². The molecular formula is C21H22BrF2N5O. The molecule has 0 unspecified atom stereocenters. The fraction of sp³-hybridized carbons (Fsp3) is 0.333. The molecule has 6 nitrogen and oxygen atoms in total. The number of anilines is 1. The number of hydrogen-bond donors (Lipinski definition) is 3. The highest BCUT2D eigenvalue weighted by molar-refractivity contribution is 9.10.